The fourth-order valence-corrected chi connectivity index (χ4v) is 2.95. The Labute approximate surface area is 156 Å². The highest BCUT2D eigenvalue weighted by molar-refractivity contribution is 5.76. The minimum atomic E-state index is 0.0827. The molecule has 0 aromatic carbocycles. The van der Waals surface area contributed by atoms with Gasteiger partial charge in [-0.2, -0.15) is 5.10 Å². The molecule has 1 aliphatic heterocycles. The number of carbonyl (C=O) groups is 1. The van der Waals surface area contributed by atoms with Crippen molar-refractivity contribution in [3.8, 4) is 0 Å². The summed E-state index contributed by atoms with van der Waals surface area (Å²) in [4.78, 5) is 20.5. The van der Waals surface area contributed by atoms with Crippen molar-refractivity contribution < 1.29 is 4.79 Å². The second kappa shape index (κ2) is 7.81. The molecule has 0 aliphatic carbocycles. The third kappa shape index (κ3) is 4.20. The van der Waals surface area contributed by atoms with Crippen LogP contribution in [0.25, 0.3) is 0 Å². The lowest BCUT2D eigenvalue weighted by Crippen LogP contribution is -2.49. The Hall–Kier alpha value is -3.49. The number of hydrogen-bond acceptors (Lipinski definition) is 7. The predicted molar refractivity (Wildman–Crippen MR) is 101 cm³/mol. The highest BCUT2D eigenvalue weighted by atomic mass is 16.2. The lowest BCUT2D eigenvalue weighted by atomic mass is 10.3. The molecule has 0 bridgehead atoms. The maximum Gasteiger partial charge on any atom is 0.244 e. The summed E-state index contributed by atoms with van der Waals surface area (Å²) in [6, 6.07) is 11.3. The van der Waals surface area contributed by atoms with Crippen molar-refractivity contribution >= 4 is 23.4 Å². The number of rotatable bonds is 5. The van der Waals surface area contributed by atoms with Crippen LogP contribution in [0.1, 0.15) is 0 Å². The molecule has 1 N–H and O–H groups in total. The number of nitrogens with zero attached hydrogens (tertiary/aromatic N) is 7. The SMILES string of the molecule is O=C(Cn1cccn1)N1CCN(c2ccc(Nc3ccccn3)nn2)CC1. The van der Waals surface area contributed by atoms with Crippen molar-refractivity contribution in [3.05, 3.63) is 55.0 Å². The van der Waals surface area contributed by atoms with Crippen LogP contribution in [-0.2, 0) is 11.3 Å². The van der Waals surface area contributed by atoms with Gasteiger partial charge in [0.25, 0.3) is 0 Å². The maximum atomic E-state index is 12.3. The first-order valence-electron chi connectivity index (χ1n) is 8.80. The summed E-state index contributed by atoms with van der Waals surface area (Å²) in [7, 11) is 0. The molecular weight excluding hydrogens is 344 g/mol. The first-order chi connectivity index (χ1) is 13.3. The number of pyridine rings is 1. The van der Waals surface area contributed by atoms with E-state index in [0.29, 0.717) is 18.9 Å². The van der Waals surface area contributed by atoms with Gasteiger partial charge < -0.3 is 15.1 Å². The summed E-state index contributed by atoms with van der Waals surface area (Å²) in [6.07, 6.45) is 5.19. The standard InChI is InChI=1S/C18H20N8O/c27-18(14-26-9-3-8-20-26)25-12-10-24(11-13-25)17-6-5-16(22-23-17)21-15-4-1-2-7-19-15/h1-9H,10-14H2,(H,19,21,22). The number of amides is 1. The van der Waals surface area contributed by atoms with Crippen LogP contribution in [-0.4, -0.2) is 61.9 Å². The molecule has 27 heavy (non-hydrogen) atoms. The second-order valence-corrected chi connectivity index (χ2v) is 6.19. The third-order valence-electron chi connectivity index (χ3n) is 4.38. The van der Waals surface area contributed by atoms with E-state index in [0.717, 1.165) is 24.7 Å². The number of carbonyl (C=O) groups excluding carboxylic acids is 1. The molecule has 9 nitrogen and oxygen atoms in total. The van der Waals surface area contributed by atoms with Crippen molar-refractivity contribution in [2.75, 3.05) is 36.4 Å². The Bertz CT molecular complexity index is 858. The Morgan fingerprint density at radius 1 is 0.963 bits per heavy atom. The van der Waals surface area contributed by atoms with E-state index in [-0.39, 0.29) is 12.5 Å². The van der Waals surface area contributed by atoms with Crippen LogP contribution in [0.5, 0.6) is 0 Å². The fourth-order valence-electron chi connectivity index (χ4n) is 2.95. The average molecular weight is 364 g/mol. The molecule has 0 radical (unpaired) electrons. The van der Waals surface area contributed by atoms with E-state index in [2.05, 4.69) is 30.5 Å². The molecule has 1 fully saturated rings. The Balaban J connectivity index is 1.31. The molecule has 3 aromatic heterocycles. The zero-order chi connectivity index (χ0) is 18.5. The fraction of sp³-hybridized carbons (Fsp3) is 0.278. The molecule has 1 amide bonds. The minimum absolute atomic E-state index is 0.0827. The molecule has 1 aliphatic rings. The van der Waals surface area contributed by atoms with Crippen LogP contribution in [0.3, 0.4) is 0 Å². The third-order valence-corrected chi connectivity index (χ3v) is 4.38. The number of hydrogen-bond donors (Lipinski definition) is 1. The number of anilines is 3. The summed E-state index contributed by atoms with van der Waals surface area (Å²) >= 11 is 0. The van der Waals surface area contributed by atoms with Gasteiger partial charge in [-0.25, -0.2) is 4.98 Å². The molecule has 0 saturated carbocycles. The number of nitrogens with one attached hydrogen (secondary N) is 1. The predicted octanol–water partition coefficient (Wildman–Crippen LogP) is 1.16. The first-order valence-corrected chi connectivity index (χ1v) is 8.80. The van der Waals surface area contributed by atoms with E-state index >= 15 is 0 Å². The number of piperazine rings is 1. The minimum Gasteiger partial charge on any atom is -0.352 e. The van der Waals surface area contributed by atoms with Gasteiger partial charge in [-0.15, -0.1) is 10.2 Å². The Morgan fingerprint density at radius 2 is 1.85 bits per heavy atom. The van der Waals surface area contributed by atoms with E-state index in [9.17, 15) is 4.79 Å². The van der Waals surface area contributed by atoms with Gasteiger partial charge >= 0.3 is 0 Å². The smallest absolute Gasteiger partial charge is 0.244 e. The van der Waals surface area contributed by atoms with Gasteiger partial charge in [0.2, 0.25) is 5.91 Å². The van der Waals surface area contributed by atoms with Gasteiger partial charge in [-0.3, -0.25) is 9.48 Å². The van der Waals surface area contributed by atoms with Crippen molar-refractivity contribution in [2.24, 2.45) is 0 Å². The summed E-state index contributed by atoms with van der Waals surface area (Å²) in [6.45, 7) is 3.06. The molecule has 0 atom stereocenters. The van der Waals surface area contributed by atoms with Crippen molar-refractivity contribution in [3.63, 3.8) is 0 Å². The van der Waals surface area contributed by atoms with Gasteiger partial charge in [-0.05, 0) is 30.3 Å². The van der Waals surface area contributed by atoms with Gasteiger partial charge in [-0.1, -0.05) is 6.07 Å². The van der Waals surface area contributed by atoms with Crippen LogP contribution in [0.4, 0.5) is 17.5 Å². The largest absolute Gasteiger partial charge is 0.352 e. The topological polar surface area (TPSA) is 92.1 Å². The van der Waals surface area contributed by atoms with Crippen molar-refractivity contribution in [2.45, 2.75) is 6.54 Å². The van der Waals surface area contributed by atoms with Crippen molar-refractivity contribution in [1.29, 1.82) is 0 Å². The normalized spacial score (nSPS) is 14.2. The molecule has 0 unspecified atom stereocenters. The zero-order valence-electron chi connectivity index (χ0n) is 14.8. The Morgan fingerprint density at radius 3 is 2.52 bits per heavy atom. The van der Waals surface area contributed by atoms with Crippen LogP contribution in [0.2, 0.25) is 0 Å². The molecule has 4 heterocycles. The highest BCUT2D eigenvalue weighted by Gasteiger charge is 2.22. The second-order valence-electron chi connectivity index (χ2n) is 6.19. The molecule has 138 valence electrons. The van der Waals surface area contributed by atoms with Gasteiger partial charge in [0, 0.05) is 44.8 Å². The molecule has 3 aromatic rings. The van der Waals surface area contributed by atoms with E-state index in [4.69, 9.17) is 0 Å². The van der Waals surface area contributed by atoms with Gasteiger partial charge in [0.15, 0.2) is 11.6 Å². The first kappa shape index (κ1) is 17.0. The molecule has 1 saturated heterocycles. The number of aromatic nitrogens is 5. The highest BCUT2D eigenvalue weighted by Crippen LogP contribution is 2.16. The molecule has 0 spiro atoms. The molecule has 4 rings (SSSR count). The summed E-state index contributed by atoms with van der Waals surface area (Å²) in [5, 5.41) is 15.7. The quantitative estimate of drug-likeness (QED) is 0.726. The average Bonchev–Trinajstić information content (AvgIpc) is 3.22. The lowest BCUT2D eigenvalue weighted by Gasteiger charge is -2.35. The van der Waals surface area contributed by atoms with Gasteiger partial charge in [0.05, 0.1) is 0 Å². The monoisotopic (exact) mass is 364 g/mol. The van der Waals surface area contributed by atoms with E-state index in [1.807, 2.05) is 41.3 Å². The van der Waals surface area contributed by atoms with E-state index in [1.54, 1.807) is 23.3 Å². The summed E-state index contributed by atoms with van der Waals surface area (Å²) in [5.41, 5.74) is 0. The van der Waals surface area contributed by atoms with E-state index in [1.165, 1.54) is 0 Å². The Kier molecular flexibility index (Phi) is 4.91. The summed E-state index contributed by atoms with van der Waals surface area (Å²) < 4.78 is 1.65. The lowest BCUT2D eigenvalue weighted by molar-refractivity contribution is -0.132. The van der Waals surface area contributed by atoms with E-state index < -0.39 is 0 Å². The van der Waals surface area contributed by atoms with Crippen LogP contribution >= 0.6 is 0 Å². The van der Waals surface area contributed by atoms with Crippen LogP contribution in [0.15, 0.2) is 55.0 Å². The van der Waals surface area contributed by atoms with Gasteiger partial charge in [0.1, 0.15) is 12.4 Å². The summed E-state index contributed by atoms with van der Waals surface area (Å²) in [5.74, 6) is 2.26. The molecular formula is C18H20N8O. The maximum absolute atomic E-state index is 12.3. The van der Waals surface area contributed by atoms with Crippen LogP contribution in [0, 0.1) is 0 Å². The zero-order valence-corrected chi connectivity index (χ0v) is 14.8. The molecule has 9 heteroatoms. The van der Waals surface area contributed by atoms with Crippen LogP contribution < -0.4 is 10.2 Å². The van der Waals surface area contributed by atoms with Crippen molar-refractivity contribution in [1.82, 2.24) is 29.9 Å².